The summed E-state index contributed by atoms with van der Waals surface area (Å²) >= 11 is 4.42. The molecule has 0 aliphatic heterocycles. The van der Waals surface area contributed by atoms with Crippen LogP contribution < -0.4 is 0 Å². The van der Waals surface area contributed by atoms with Gasteiger partial charge in [0.05, 0.1) is 10.8 Å². The summed E-state index contributed by atoms with van der Waals surface area (Å²) in [7, 11) is 0. The zero-order valence-corrected chi connectivity index (χ0v) is 10.5. The number of isothiocyanates is 1. The molecule has 17 heavy (non-hydrogen) atoms. The Hall–Kier alpha value is -1.83. The average Bonchev–Trinajstić information content (AvgIpc) is 2.42. The Balaban J connectivity index is 0.000000171. The minimum absolute atomic E-state index is 0.854. The molecule has 3 heteroatoms. The Labute approximate surface area is 107 Å². The maximum Gasteiger partial charge on any atom is 0.0739 e. The highest BCUT2D eigenvalue weighted by Gasteiger charge is 1.81. The van der Waals surface area contributed by atoms with E-state index in [0.717, 1.165) is 12.1 Å². The van der Waals surface area contributed by atoms with E-state index in [1.165, 1.54) is 5.56 Å². The lowest BCUT2D eigenvalue weighted by molar-refractivity contribution is 1.12. The van der Waals surface area contributed by atoms with Crippen molar-refractivity contribution >= 4 is 23.1 Å². The van der Waals surface area contributed by atoms with Gasteiger partial charge in [0.1, 0.15) is 0 Å². The summed E-state index contributed by atoms with van der Waals surface area (Å²) in [5.41, 5.74) is 2.20. The predicted octanol–water partition coefficient (Wildman–Crippen LogP) is 4.06. The van der Waals surface area contributed by atoms with Crippen LogP contribution in [-0.2, 0) is 6.42 Å². The number of hydrogen-bond donors (Lipinski definition) is 0. The van der Waals surface area contributed by atoms with Gasteiger partial charge < -0.3 is 0 Å². The quantitative estimate of drug-likeness (QED) is 0.586. The first kappa shape index (κ1) is 13.2. The first-order valence-electron chi connectivity index (χ1n) is 5.38. The molecule has 1 aromatic heterocycles. The van der Waals surface area contributed by atoms with Crippen molar-refractivity contribution in [3.8, 4) is 0 Å². The molecular weight excluding hydrogens is 228 g/mol. The lowest BCUT2D eigenvalue weighted by atomic mass is 10.2. The average molecular weight is 242 g/mol. The van der Waals surface area contributed by atoms with Crippen LogP contribution in [0.25, 0.3) is 0 Å². The molecule has 0 atom stereocenters. The number of nitrogens with zero attached hydrogens (tertiary/aromatic N) is 2. The molecule has 86 valence electrons. The molecule has 0 saturated carbocycles. The summed E-state index contributed by atoms with van der Waals surface area (Å²) in [5, 5.41) is 2.29. The second kappa shape index (κ2) is 8.34. The fourth-order valence-corrected chi connectivity index (χ4v) is 1.28. The van der Waals surface area contributed by atoms with Crippen molar-refractivity contribution < 1.29 is 0 Å². The largest absolute Gasteiger partial charge is 0.265 e. The first-order chi connectivity index (χ1) is 8.36. The smallest absolute Gasteiger partial charge is 0.0739 e. The summed E-state index contributed by atoms with van der Waals surface area (Å²) in [6.45, 7) is 2.13. The Morgan fingerprint density at radius 2 is 1.76 bits per heavy atom. The van der Waals surface area contributed by atoms with Gasteiger partial charge in [-0.15, -0.1) is 0 Å². The van der Waals surface area contributed by atoms with Gasteiger partial charge in [-0.05, 0) is 48.5 Å². The molecule has 0 aliphatic carbocycles. The van der Waals surface area contributed by atoms with Crippen LogP contribution >= 0.6 is 12.2 Å². The highest BCUT2D eigenvalue weighted by Crippen LogP contribution is 2.07. The van der Waals surface area contributed by atoms with Crippen LogP contribution in [0, 0.1) is 0 Å². The molecule has 1 heterocycles. The summed E-state index contributed by atoms with van der Waals surface area (Å²) in [4.78, 5) is 7.66. The highest BCUT2D eigenvalue weighted by molar-refractivity contribution is 7.78. The van der Waals surface area contributed by atoms with Crippen molar-refractivity contribution in [1.82, 2.24) is 4.98 Å². The van der Waals surface area contributed by atoms with E-state index in [9.17, 15) is 0 Å². The maximum absolute atomic E-state index is 4.42. The molecule has 0 unspecified atom stereocenters. The lowest BCUT2D eigenvalue weighted by Gasteiger charge is -1.89. The zero-order chi connectivity index (χ0) is 12.3. The Bertz CT molecular complexity index is 462. The minimum atomic E-state index is 0.854. The van der Waals surface area contributed by atoms with E-state index < -0.39 is 0 Å². The topological polar surface area (TPSA) is 25.2 Å². The molecule has 0 fully saturated rings. The van der Waals surface area contributed by atoms with Gasteiger partial charge in [-0.1, -0.05) is 25.1 Å². The maximum atomic E-state index is 4.42. The van der Waals surface area contributed by atoms with Crippen LogP contribution in [0.5, 0.6) is 0 Å². The van der Waals surface area contributed by atoms with Gasteiger partial charge in [-0.3, -0.25) is 4.98 Å². The number of hydrogen-bond acceptors (Lipinski definition) is 3. The predicted molar refractivity (Wildman–Crippen MR) is 74.7 cm³/mol. The first-order valence-corrected chi connectivity index (χ1v) is 5.79. The normalized spacial score (nSPS) is 8.53. The van der Waals surface area contributed by atoms with Crippen molar-refractivity contribution in [2.75, 3.05) is 0 Å². The van der Waals surface area contributed by atoms with Crippen LogP contribution in [0.3, 0.4) is 0 Å². The van der Waals surface area contributed by atoms with Crippen LogP contribution in [0.1, 0.15) is 12.5 Å². The van der Waals surface area contributed by atoms with E-state index in [1.54, 1.807) is 0 Å². The van der Waals surface area contributed by atoms with E-state index in [2.05, 4.69) is 34.3 Å². The van der Waals surface area contributed by atoms with Gasteiger partial charge in [0.25, 0.3) is 0 Å². The van der Waals surface area contributed by atoms with Crippen LogP contribution in [-0.4, -0.2) is 10.1 Å². The molecule has 1 aromatic carbocycles. The molecule has 2 aromatic rings. The second-order valence-corrected chi connectivity index (χ2v) is 3.43. The van der Waals surface area contributed by atoms with Crippen molar-refractivity contribution in [3.63, 3.8) is 0 Å². The van der Waals surface area contributed by atoms with Gasteiger partial charge in [-0.2, -0.15) is 4.99 Å². The van der Waals surface area contributed by atoms with Crippen molar-refractivity contribution in [1.29, 1.82) is 0 Å². The van der Waals surface area contributed by atoms with Gasteiger partial charge in [0, 0.05) is 12.4 Å². The third-order valence-corrected chi connectivity index (χ3v) is 2.18. The number of pyridine rings is 1. The molecule has 0 aliphatic rings. The van der Waals surface area contributed by atoms with Crippen molar-refractivity contribution in [2.24, 2.45) is 4.99 Å². The molecule has 2 rings (SSSR count). The molecule has 0 N–H and O–H groups in total. The third-order valence-electron chi connectivity index (χ3n) is 2.09. The number of rotatable bonds is 2. The zero-order valence-electron chi connectivity index (χ0n) is 9.71. The number of aliphatic imine (C=N–C) groups is 1. The van der Waals surface area contributed by atoms with Crippen LogP contribution in [0.2, 0.25) is 0 Å². The van der Waals surface area contributed by atoms with Crippen molar-refractivity contribution in [3.05, 3.63) is 60.4 Å². The van der Waals surface area contributed by atoms with Gasteiger partial charge in [0.2, 0.25) is 0 Å². The number of para-hydroxylation sites is 1. The summed E-state index contributed by atoms with van der Waals surface area (Å²) in [5.74, 6) is 0. The highest BCUT2D eigenvalue weighted by atomic mass is 32.1. The Kier molecular flexibility index (Phi) is 6.49. The standard InChI is InChI=1S/C7H5NS.C7H9N/c9-6-8-7-4-2-1-3-5-7;1-2-7-3-5-8-6-4-7/h1-5H;3-6H,2H2,1H3. The summed E-state index contributed by atoms with van der Waals surface area (Å²) in [6.07, 6.45) is 4.74. The van der Waals surface area contributed by atoms with Crippen LogP contribution in [0.4, 0.5) is 5.69 Å². The monoisotopic (exact) mass is 242 g/mol. The van der Waals surface area contributed by atoms with E-state index in [0.29, 0.717) is 0 Å². The Morgan fingerprint density at radius 1 is 1.12 bits per heavy atom. The fourth-order valence-electron chi connectivity index (χ4n) is 1.17. The number of benzene rings is 1. The third kappa shape index (κ3) is 5.71. The van der Waals surface area contributed by atoms with E-state index in [1.807, 2.05) is 54.9 Å². The van der Waals surface area contributed by atoms with Gasteiger partial charge in [0.15, 0.2) is 0 Å². The molecule has 0 radical (unpaired) electrons. The number of aromatic nitrogens is 1. The molecule has 0 spiro atoms. The molecule has 0 saturated heterocycles. The summed E-state index contributed by atoms with van der Waals surface area (Å²) < 4.78 is 0. The van der Waals surface area contributed by atoms with Crippen LogP contribution in [0.15, 0.2) is 59.9 Å². The fraction of sp³-hybridized carbons (Fsp3) is 0.143. The molecule has 0 amide bonds. The van der Waals surface area contributed by atoms with E-state index in [-0.39, 0.29) is 0 Å². The summed E-state index contributed by atoms with van der Waals surface area (Å²) in [6, 6.07) is 13.6. The lowest BCUT2D eigenvalue weighted by Crippen LogP contribution is -1.76. The van der Waals surface area contributed by atoms with Crippen molar-refractivity contribution in [2.45, 2.75) is 13.3 Å². The van der Waals surface area contributed by atoms with Gasteiger partial charge in [-0.25, -0.2) is 0 Å². The van der Waals surface area contributed by atoms with E-state index in [4.69, 9.17) is 0 Å². The van der Waals surface area contributed by atoms with Gasteiger partial charge >= 0.3 is 0 Å². The van der Waals surface area contributed by atoms with E-state index >= 15 is 0 Å². The molecular formula is C14H14N2S. The minimum Gasteiger partial charge on any atom is -0.265 e. The molecule has 2 nitrogen and oxygen atoms in total. The second-order valence-electron chi connectivity index (χ2n) is 3.25. The molecule has 0 bridgehead atoms. The SMILES string of the molecule is CCc1ccncc1.S=C=Nc1ccccc1. The number of aryl methyl sites for hydroxylation is 1. The number of thiocarbonyl (C=S) groups is 1. The Morgan fingerprint density at radius 3 is 2.24 bits per heavy atom.